The molecule has 1 N–H and O–H groups in total. The molecule has 0 saturated carbocycles. The molecule has 0 radical (unpaired) electrons. The summed E-state index contributed by atoms with van der Waals surface area (Å²) in [5.41, 5.74) is -0.120. The highest BCUT2D eigenvalue weighted by atomic mass is 32.1. The van der Waals surface area contributed by atoms with Gasteiger partial charge in [-0.2, -0.15) is 0 Å². The molecule has 0 aliphatic rings. The molecule has 3 aromatic rings. The summed E-state index contributed by atoms with van der Waals surface area (Å²) in [5.74, 6) is -1.63. The predicted molar refractivity (Wildman–Crippen MR) is 123 cm³/mol. The average Bonchev–Trinajstić information content (AvgIpc) is 3.09. The van der Waals surface area contributed by atoms with Crippen LogP contribution >= 0.6 is 11.3 Å². The summed E-state index contributed by atoms with van der Waals surface area (Å²) in [4.78, 5) is 52.8. The van der Waals surface area contributed by atoms with E-state index in [0.717, 1.165) is 11.3 Å². The van der Waals surface area contributed by atoms with Gasteiger partial charge in [0.05, 0.1) is 17.0 Å². The summed E-state index contributed by atoms with van der Waals surface area (Å²) < 4.78 is 10.4. The molecule has 0 spiro atoms. The Morgan fingerprint density at radius 3 is 2.47 bits per heavy atom. The van der Waals surface area contributed by atoms with Crippen molar-refractivity contribution in [3.63, 3.8) is 0 Å². The van der Waals surface area contributed by atoms with Gasteiger partial charge in [0.15, 0.2) is 0 Å². The summed E-state index contributed by atoms with van der Waals surface area (Å²) in [7, 11) is 0. The number of fused-ring (bicyclic) bond motifs is 1. The second-order valence-electron chi connectivity index (χ2n) is 6.90. The van der Waals surface area contributed by atoms with Gasteiger partial charge in [-0.25, -0.2) is 9.59 Å². The molecule has 9 heteroatoms. The lowest BCUT2D eigenvalue weighted by atomic mass is 10.1. The Labute approximate surface area is 188 Å². The summed E-state index contributed by atoms with van der Waals surface area (Å²) in [6, 6.07) is 8.26. The van der Waals surface area contributed by atoms with Crippen LogP contribution in [0.5, 0.6) is 0 Å². The maximum Gasteiger partial charge on any atom is 0.349 e. The Morgan fingerprint density at radius 1 is 1.12 bits per heavy atom. The van der Waals surface area contributed by atoms with Crippen LogP contribution < -0.4 is 10.9 Å². The van der Waals surface area contributed by atoms with Crippen molar-refractivity contribution in [2.75, 3.05) is 25.0 Å². The normalized spacial score (nSPS) is 10.8. The van der Waals surface area contributed by atoms with Crippen molar-refractivity contribution in [2.24, 2.45) is 0 Å². The molecule has 1 aromatic carbocycles. The van der Waals surface area contributed by atoms with Crippen molar-refractivity contribution in [1.29, 1.82) is 0 Å². The van der Waals surface area contributed by atoms with Crippen LogP contribution in [0.2, 0.25) is 0 Å². The lowest BCUT2D eigenvalue weighted by molar-refractivity contribution is 0.0527. The zero-order valence-corrected chi connectivity index (χ0v) is 19.1. The first-order chi connectivity index (χ1) is 15.3. The van der Waals surface area contributed by atoms with Gasteiger partial charge in [-0.1, -0.05) is 18.2 Å². The third-order valence-electron chi connectivity index (χ3n) is 4.98. The molecule has 168 valence electrons. The number of esters is 1. The van der Waals surface area contributed by atoms with E-state index in [1.54, 1.807) is 43.0 Å². The lowest BCUT2D eigenvalue weighted by Crippen LogP contribution is -2.30. The molecule has 0 saturated heterocycles. The van der Waals surface area contributed by atoms with E-state index in [9.17, 15) is 19.2 Å². The second-order valence-corrected chi connectivity index (χ2v) is 7.92. The number of ether oxygens (including phenoxy) is 1. The maximum atomic E-state index is 12.9. The number of hydrogen-bond donors (Lipinski definition) is 1. The number of benzene rings is 1. The molecule has 8 nitrogen and oxygen atoms in total. The molecule has 32 heavy (non-hydrogen) atoms. The molecule has 0 aliphatic carbocycles. The Hall–Kier alpha value is -3.46. The molecule has 2 aromatic heterocycles. The van der Waals surface area contributed by atoms with Crippen molar-refractivity contribution in [2.45, 2.75) is 27.7 Å². The number of carbonyl (C=O) groups is 3. The number of thiophene rings is 1. The molecule has 2 amide bonds. The number of hydrogen-bond acceptors (Lipinski definition) is 7. The quantitative estimate of drug-likeness (QED) is 0.424. The molecule has 0 unspecified atom stereocenters. The van der Waals surface area contributed by atoms with Gasteiger partial charge in [0.1, 0.15) is 16.1 Å². The van der Waals surface area contributed by atoms with Gasteiger partial charge in [-0.05, 0) is 45.4 Å². The smallest absolute Gasteiger partial charge is 0.349 e. The number of carbonyl (C=O) groups excluding carboxylic acids is 3. The Kier molecular flexibility index (Phi) is 7.09. The van der Waals surface area contributed by atoms with Crippen molar-refractivity contribution < 1.29 is 23.5 Å². The van der Waals surface area contributed by atoms with Crippen LogP contribution in [0.4, 0.5) is 5.00 Å². The third kappa shape index (κ3) is 4.43. The van der Waals surface area contributed by atoms with E-state index >= 15 is 0 Å². The largest absolute Gasteiger partial charge is 0.462 e. The fraction of sp³-hybridized carbons (Fsp3) is 0.304. The van der Waals surface area contributed by atoms with Crippen LogP contribution in [0, 0.1) is 6.92 Å². The number of rotatable bonds is 7. The highest BCUT2D eigenvalue weighted by Gasteiger charge is 2.29. The second kappa shape index (κ2) is 9.78. The fourth-order valence-corrected chi connectivity index (χ4v) is 4.46. The molecule has 0 fully saturated rings. The lowest BCUT2D eigenvalue weighted by Gasteiger charge is -2.18. The van der Waals surface area contributed by atoms with Gasteiger partial charge < -0.3 is 19.4 Å². The van der Waals surface area contributed by atoms with Crippen LogP contribution in [0.15, 0.2) is 39.5 Å². The number of amides is 2. The molecular formula is C23H24N2O6S. The van der Waals surface area contributed by atoms with E-state index in [1.165, 1.54) is 6.07 Å². The zero-order valence-electron chi connectivity index (χ0n) is 18.3. The Morgan fingerprint density at radius 2 is 1.81 bits per heavy atom. The van der Waals surface area contributed by atoms with Crippen LogP contribution in [-0.2, 0) is 4.74 Å². The molecule has 0 bridgehead atoms. The maximum absolute atomic E-state index is 12.9. The third-order valence-corrected chi connectivity index (χ3v) is 6.18. The minimum absolute atomic E-state index is 0.103. The first-order valence-electron chi connectivity index (χ1n) is 10.3. The molecule has 0 aliphatic heterocycles. The number of nitrogens with zero attached hydrogens (tertiary/aromatic N) is 1. The first kappa shape index (κ1) is 23.2. The van der Waals surface area contributed by atoms with Crippen LogP contribution in [0.25, 0.3) is 11.0 Å². The van der Waals surface area contributed by atoms with Gasteiger partial charge in [-0.3, -0.25) is 9.59 Å². The summed E-state index contributed by atoms with van der Waals surface area (Å²) >= 11 is 0.983. The zero-order chi connectivity index (χ0) is 23.4. The molecular weight excluding hydrogens is 432 g/mol. The standard InChI is InChI=1S/C23H24N2O6S/c1-5-25(6-2)21(27)18-13(4)17(23(29)30-7-3)20(32-18)24-19(26)15-12-14-10-8-9-11-16(14)31-22(15)28/h8-12H,5-7H2,1-4H3,(H,24,26). The minimum atomic E-state index is -0.799. The van der Waals surface area contributed by atoms with Gasteiger partial charge >= 0.3 is 11.6 Å². The number of nitrogens with one attached hydrogen (secondary N) is 1. The monoisotopic (exact) mass is 456 g/mol. The summed E-state index contributed by atoms with van der Waals surface area (Å²) in [6.45, 7) is 8.16. The summed E-state index contributed by atoms with van der Waals surface area (Å²) in [6.07, 6.45) is 0. The number of para-hydroxylation sites is 1. The van der Waals surface area contributed by atoms with E-state index in [-0.39, 0.29) is 28.6 Å². The van der Waals surface area contributed by atoms with E-state index in [0.29, 0.717) is 34.5 Å². The van der Waals surface area contributed by atoms with Crippen molar-refractivity contribution in [3.8, 4) is 0 Å². The number of anilines is 1. The summed E-state index contributed by atoms with van der Waals surface area (Å²) in [5, 5.41) is 3.34. The van der Waals surface area contributed by atoms with Crippen molar-refractivity contribution in [3.05, 3.63) is 62.3 Å². The van der Waals surface area contributed by atoms with E-state index in [2.05, 4.69) is 5.32 Å². The molecule has 2 heterocycles. The SMILES string of the molecule is CCOC(=O)c1c(NC(=O)c2cc3ccccc3oc2=O)sc(C(=O)N(CC)CC)c1C. The van der Waals surface area contributed by atoms with Crippen molar-refractivity contribution in [1.82, 2.24) is 4.90 Å². The van der Waals surface area contributed by atoms with Crippen molar-refractivity contribution >= 4 is 45.1 Å². The van der Waals surface area contributed by atoms with Gasteiger partial charge in [0.25, 0.3) is 11.8 Å². The van der Waals surface area contributed by atoms with Crippen LogP contribution in [-0.4, -0.2) is 42.4 Å². The highest BCUT2D eigenvalue weighted by Crippen LogP contribution is 2.35. The Balaban J connectivity index is 2.04. The minimum Gasteiger partial charge on any atom is -0.462 e. The van der Waals surface area contributed by atoms with Crippen LogP contribution in [0.3, 0.4) is 0 Å². The van der Waals surface area contributed by atoms with E-state index in [1.807, 2.05) is 13.8 Å². The molecule has 3 rings (SSSR count). The molecule has 0 atom stereocenters. The first-order valence-corrected chi connectivity index (χ1v) is 11.1. The van der Waals surface area contributed by atoms with E-state index < -0.39 is 17.5 Å². The highest BCUT2D eigenvalue weighted by molar-refractivity contribution is 7.18. The Bertz CT molecular complexity index is 1240. The van der Waals surface area contributed by atoms with Gasteiger partial charge in [-0.15, -0.1) is 11.3 Å². The van der Waals surface area contributed by atoms with E-state index in [4.69, 9.17) is 9.15 Å². The van der Waals surface area contributed by atoms with Gasteiger partial charge in [0, 0.05) is 18.5 Å². The average molecular weight is 457 g/mol. The van der Waals surface area contributed by atoms with Crippen LogP contribution in [0.1, 0.15) is 56.7 Å². The topological polar surface area (TPSA) is 106 Å². The predicted octanol–water partition coefficient (Wildman–Crippen LogP) is 4.07. The fourth-order valence-electron chi connectivity index (χ4n) is 3.30. The van der Waals surface area contributed by atoms with Gasteiger partial charge in [0.2, 0.25) is 0 Å².